The molecular formula is C16H22O6. The van der Waals surface area contributed by atoms with Gasteiger partial charge in [-0.2, -0.15) is 0 Å². The highest BCUT2D eigenvalue weighted by molar-refractivity contribution is 6.03. The highest BCUT2D eigenvalue weighted by Crippen LogP contribution is 2.20. The van der Waals surface area contributed by atoms with E-state index in [0.29, 0.717) is 5.56 Å². The van der Waals surface area contributed by atoms with Crippen LogP contribution in [0.2, 0.25) is 0 Å². The maximum absolute atomic E-state index is 12.2. The normalized spacial score (nSPS) is 12.4. The lowest BCUT2D eigenvalue weighted by atomic mass is 10.0. The average molecular weight is 310 g/mol. The zero-order valence-corrected chi connectivity index (χ0v) is 13.2. The van der Waals surface area contributed by atoms with Crippen molar-refractivity contribution in [2.24, 2.45) is 0 Å². The fraction of sp³-hybridized carbons (Fsp3) is 0.500. The maximum Gasteiger partial charge on any atom is 0.339 e. The summed E-state index contributed by atoms with van der Waals surface area (Å²) in [5.41, 5.74) is 0.386. The minimum absolute atomic E-state index is 0.00403. The van der Waals surface area contributed by atoms with Crippen molar-refractivity contribution >= 4 is 11.9 Å². The van der Waals surface area contributed by atoms with Gasteiger partial charge >= 0.3 is 11.9 Å². The summed E-state index contributed by atoms with van der Waals surface area (Å²) in [6.07, 6.45) is -1.82. The Bertz CT molecular complexity index is 535. The Kier molecular flexibility index (Phi) is 6.52. The molecule has 1 aromatic carbocycles. The topological polar surface area (TPSA) is 93.1 Å². The van der Waals surface area contributed by atoms with E-state index in [1.165, 1.54) is 18.2 Å². The number of carbonyl (C=O) groups is 2. The molecule has 1 rings (SSSR count). The molecule has 0 saturated heterocycles. The second-order valence-electron chi connectivity index (χ2n) is 5.41. The van der Waals surface area contributed by atoms with Crippen molar-refractivity contribution in [2.75, 3.05) is 6.61 Å². The van der Waals surface area contributed by atoms with Gasteiger partial charge in [0, 0.05) is 0 Å². The van der Waals surface area contributed by atoms with Crippen molar-refractivity contribution < 1.29 is 29.3 Å². The molecular weight excluding hydrogens is 288 g/mol. The molecule has 0 aliphatic rings. The molecule has 6 nitrogen and oxygen atoms in total. The van der Waals surface area contributed by atoms with Gasteiger partial charge in [0.25, 0.3) is 0 Å². The minimum Gasteiger partial charge on any atom is -0.459 e. The Morgan fingerprint density at radius 2 is 1.50 bits per heavy atom. The van der Waals surface area contributed by atoms with E-state index in [1.54, 1.807) is 27.7 Å². The zero-order chi connectivity index (χ0) is 16.9. The van der Waals surface area contributed by atoms with E-state index >= 15 is 0 Å². The van der Waals surface area contributed by atoms with Gasteiger partial charge in [0.1, 0.15) is 6.10 Å². The van der Waals surface area contributed by atoms with Crippen LogP contribution in [0.25, 0.3) is 0 Å². The van der Waals surface area contributed by atoms with Gasteiger partial charge in [0.15, 0.2) is 0 Å². The molecule has 22 heavy (non-hydrogen) atoms. The van der Waals surface area contributed by atoms with Crippen LogP contribution in [-0.2, 0) is 9.47 Å². The van der Waals surface area contributed by atoms with E-state index < -0.39 is 24.6 Å². The number of hydrogen-bond acceptors (Lipinski definition) is 6. The molecule has 0 saturated carbocycles. The first-order chi connectivity index (χ1) is 10.3. The Morgan fingerprint density at radius 1 is 1.00 bits per heavy atom. The third kappa shape index (κ3) is 4.82. The van der Waals surface area contributed by atoms with E-state index in [2.05, 4.69) is 0 Å². The first kappa shape index (κ1) is 18.1. The van der Waals surface area contributed by atoms with Crippen LogP contribution < -0.4 is 0 Å². The second kappa shape index (κ2) is 7.91. The summed E-state index contributed by atoms with van der Waals surface area (Å²) >= 11 is 0. The van der Waals surface area contributed by atoms with E-state index in [-0.39, 0.29) is 23.3 Å². The highest BCUT2D eigenvalue weighted by atomic mass is 16.5. The molecule has 0 fully saturated rings. The molecule has 0 aliphatic carbocycles. The minimum atomic E-state index is -1.14. The quantitative estimate of drug-likeness (QED) is 0.779. The summed E-state index contributed by atoms with van der Waals surface area (Å²) in [5, 5.41) is 18.7. The number of ether oxygens (including phenoxy) is 2. The van der Waals surface area contributed by atoms with Gasteiger partial charge in [0.2, 0.25) is 0 Å². The van der Waals surface area contributed by atoms with E-state index in [9.17, 15) is 14.7 Å². The van der Waals surface area contributed by atoms with Crippen LogP contribution >= 0.6 is 0 Å². The average Bonchev–Trinajstić information content (AvgIpc) is 2.44. The van der Waals surface area contributed by atoms with Gasteiger partial charge < -0.3 is 19.7 Å². The summed E-state index contributed by atoms with van der Waals surface area (Å²) in [5.74, 6) is -1.33. The molecule has 0 amide bonds. The smallest absolute Gasteiger partial charge is 0.339 e. The van der Waals surface area contributed by atoms with Crippen molar-refractivity contribution in [1.29, 1.82) is 0 Å². The molecule has 0 aliphatic heterocycles. The number of aliphatic hydroxyl groups is 2. The van der Waals surface area contributed by atoms with Gasteiger partial charge in [-0.15, -0.1) is 0 Å². The fourth-order valence-electron chi connectivity index (χ4n) is 1.78. The number of aliphatic hydroxyl groups excluding tert-OH is 2. The van der Waals surface area contributed by atoms with Crippen molar-refractivity contribution in [3.8, 4) is 0 Å². The standard InChI is InChI=1S/C16H22O6/c1-9(2)21-15(19)12-6-5-11(14(18)8-17)7-13(12)16(20)22-10(3)4/h5-7,9-10,14,17-18H,8H2,1-4H3. The zero-order valence-electron chi connectivity index (χ0n) is 13.2. The lowest BCUT2D eigenvalue weighted by Crippen LogP contribution is -2.19. The lowest BCUT2D eigenvalue weighted by molar-refractivity contribution is 0.0327. The molecule has 6 heteroatoms. The summed E-state index contributed by atoms with van der Waals surface area (Å²) in [6, 6.07) is 4.18. The van der Waals surface area contributed by atoms with Crippen molar-refractivity contribution in [2.45, 2.75) is 46.0 Å². The third-order valence-electron chi connectivity index (χ3n) is 2.73. The molecule has 1 aromatic rings. The fourth-order valence-corrected chi connectivity index (χ4v) is 1.78. The molecule has 2 N–H and O–H groups in total. The molecule has 122 valence electrons. The van der Waals surface area contributed by atoms with Crippen molar-refractivity contribution in [1.82, 2.24) is 0 Å². The SMILES string of the molecule is CC(C)OC(=O)c1ccc(C(O)CO)cc1C(=O)OC(C)C. The van der Waals surface area contributed by atoms with Gasteiger partial charge in [-0.1, -0.05) is 6.07 Å². The molecule has 1 atom stereocenters. The monoisotopic (exact) mass is 310 g/mol. The van der Waals surface area contributed by atoms with Gasteiger partial charge in [-0.05, 0) is 45.4 Å². The van der Waals surface area contributed by atoms with Gasteiger partial charge in [0.05, 0.1) is 29.9 Å². The number of hydrogen-bond donors (Lipinski definition) is 2. The molecule has 1 unspecified atom stereocenters. The number of benzene rings is 1. The van der Waals surface area contributed by atoms with Crippen LogP contribution in [0.3, 0.4) is 0 Å². The highest BCUT2D eigenvalue weighted by Gasteiger charge is 2.23. The van der Waals surface area contributed by atoms with Crippen LogP contribution in [0, 0.1) is 0 Å². The van der Waals surface area contributed by atoms with Crippen molar-refractivity contribution in [3.05, 3.63) is 34.9 Å². The van der Waals surface area contributed by atoms with Crippen LogP contribution in [0.1, 0.15) is 60.1 Å². The Hall–Kier alpha value is -1.92. The number of rotatable bonds is 6. The molecule has 0 radical (unpaired) electrons. The van der Waals surface area contributed by atoms with Crippen LogP contribution in [0.15, 0.2) is 18.2 Å². The summed E-state index contributed by atoms with van der Waals surface area (Å²) in [7, 11) is 0. The van der Waals surface area contributed by atoms with Crippen LogP contribution in [0.5, 0.6) is 0 Å². The number of carbonyl (C=O) groups excluding carboxylic acids is 2. The summed E-state index contributed by atoms with van der Waals surface area (Å²) < 4.78 is 10.2. The predicted molar refractivity (Wildman–Crippen MR) is 79.6 cm³/mol. The Balaban J connectivity index is 3.25. The molecule has 0 bridgehead atoms. The van der Waals surface area contributed by atoms with E-state index in [1.807, 2.05) is 0 Å². The summed E-state index contributed by atoms with van der Waals surface area (Å²) in [4.78, 5) is 24.2. The Morgan fingerprint density at radius 3 is 1.95 bits per heavy atom. The molecule has 0 aromatic heterocycles. The second-order valence-corrected chi connectivity index (χ2v) is 5.41. The first-order valence-electron chi connectivity index (χ1n) is 7.11. The summed E-state index contributed by atoms with van der Waals surface area (Å²) in [6.45, 7) is 6.29. The maximum atomic E-state index is 12.2. The number of esters is 2. The van der Waals surface area contributed by atoms with Crippen LogP contribution in [0.4, 0.5) is 0 Å². The predicted octanol–water partition coefficient (Wildman–Crippen LogP) is 1.84. The van der Waals surface area contributed by atoms with Gasteiger partial charge in [-0.3, -0.25) is 0 Å². The molecule has 0 spiro atoms. The Labute approximate surface area is 129 Å². The van der Waals surface area contributed by atoms with Crippen LogP contribution in [-0.4, -0.2) is 41.0 Å². The largest absolute Gasteiger partial charge is 0.459 e. The third-order valence-corrected chi connectivity index (χ3v) is 2.73. The molecule has 0 heterocycles. The van der Waals surface area contributed by atoms with Crippen molar-refractivity contribution in [3.63, 3.8) is 0 Å². The van der Waals surface area contributed by atoms with E-state index in [0.717, 1.165) is 0 Å². The lowest BCUT2D eigenvalue weighted by Gasteiger charge is -2.15. The van der Waals surface area contributed by atoms with Gasteiger partial charge in [-0.25, -0.2) is 9.59 Å². The van der Waals surface area contributed by atoms with E-state index in [4.69, 9.17) is 14.6 Å². The first-order valence-corrected chi connectivity index (χ1v) is 7.11.